The number of methoxy groups -OCH3 is 1. The van der Waals surface area contributed by atoms with Crippen molar-refractivity contribution in [3.05, 3.63) is 56.1 Å². The summed E-state index contributed by atoms with van der Waals surface area (Å²) in [5.74, 6) is -0.576. The zero-order valence-electron chi connectivity index (χ0n) is 18.6. The number of esters is 1. The fourth-order valence-electron chi connectivity index (χ4n) is 5.31. The van der Waals surface area contributed by atoms with Crippen LogP contribution in [0.3, 0.4) is 0 Å². The molecule has 3 aromatic rings. The fraction of sp³-hybridized carbons (Fsp3) is 0.375. The van der Waals surface area contributed by atoms with E-state index >= 15 is 0 Å². The topological polar surface area (TPSA) is 117 Å². The maximum absolute atomic E-state index is 14.7. The van der Waals surface area contributed by atoms with Gasteiger partial charge in [-0.2, -0.15) is 0 Å². The molecule has 8 nitrogen and oxygen atoms in total. The van der Waals surface area contributed by atoms with Crippen LogP contribution in [-0.2, 0) is 33.0 Å². The van der Waals surface area contributed by atoms with Crippen LogP contribution in [0.2, 0.25) is 0 Å². The third kappa shape index (κ3) is 2.73. The Labute approximate surface area is 197 Å². The first kappa shape index (κ1) is 21.7. The Hall–Kier alpha value is -2.79. The molecule has 0 aliphatic carbocycles. The number of hydrogen-bond donors (Lipinski definition) is 2. The van der Waals surface area contributed by atoms with E-state index in [4.69, 9.17) is 20.2 Å². The molecule has 0 amide bonds. The number of aromatic nitrogens is 2. The molecule has 3 aliphatic rings. The predicted octanol–water partition coefficient (Wildman–Crippen LogP) is 2.26. The predicted molar refractivity (Wildman–Crippen MR) is 123 cm³/mol. The van der Waals surface area contributed by atoms with Crippen molar-refractivity contribution in [2.45, 2.75) is 43.0 Å². The number of carbonyl (C=O) groups excluding carboxylic acids is 1. The Balaban J connectivity index is 1.65. The summed E-state index contributed by atoms with van der Waals surface area (Å²) >= 11 is 1.52. The van der Waals surface area contributed by atoms with E-state index in [0.29, 0.717) is 28.2 Å². The van der Waals surface area contributed by atoms with Crippen molar-refractivity contribution in [2.24, 2.45) is 5.73 Å². The van der Waals surface area contributed by atoms with Crippen LogP contribution >= 0.6 is 11.8 Å². The Kier molecular flexibility index (Phi) is 4.70. The second-order valence-electron chi connectivity index (χ2n) is 8.97. The molecule has 3 aliphatic heterocycles. The summed E-state index contributed by atoms with van der Waals surface area (Å²) in [6.07, 6.45) is -0.0581. The van der Waals surface area contributed by atoms with Gasteiger partial charge in [-0.25, -0.2) is 14.2 Å². The molecule has 6 rings (SSSR count). The molecular weight excluding hydrogens is 461 g/mol. The van der Waals surface area contributed by atoms with Gasteiger partial charge in [0.1, 0.15) is 12.4 Å². The van der Waals surface area contributed by atoms with Crippen LogP contribution in [0.15, 0.2) is 21.8 Å². The van der Waals surface area contributed by atoms with Gasteiger partial charge in [-0.05, 0) is 24.1 Å². The maximum Gasteiger partial charge on any atom is 0.343 e. The summed E-state index contributed by atoms with van der Waals surface area (Å²) in [7, 11) is 1.46. The Bertz CT molecular complexity index is 1490. The number of fused-ring (bicyclic) bond motifs is 5. The van der Waals surface area contributed by atoms with Gasteiger partial charge in [0.25, 0.3) is 5.56 Å². The van der Waals surface area contributed by atoms with Crippen LogP contribution in [0.1, 0.15) is 40.3 Å². The minimum Gasteiger partial charge on any atom is -0.458 e. The molecule has 176 valence electrons. The minimum atomic E-state index is -2.00. The number of cyclic esters (lactones) is 1. The number of nitrogens with two attached hydrogens (primary N) is 1. The van der Waals surface area contributed by atoms with E-state index in [1.54, 1.807) is 17.6 Å². The summed E-state index contributed by atoms with van der Waals surface area (Å²) < 4.78 is 26.5. The number of halogens is 1. The van der Waals surface area contributed by atoms with Gasteiger partial charge in [0, 0.05) is 59.4 Å². The smallest absolute Gasteiger partial charge is 0.343 e. The van der Waals surface area contributed by atoms with E-state index in [9.17, 15) is 19.1 Å². The molecule has 10 heteroatoms. The summed E-state index contributed by atoms with van der Waals surface area (Å²) in [6.45, 7) is 1.89. The Morgan fingerprint density at radius 2 is 2.18 bits per heavy atom. The highest BCUT2D eigenvalue weighted by atomic mass is 32.2. The zero-order valence-corrected chi connectivity index (χ0v) is 19.4. The first-order chi connectivity index (χ1) is 16.3. The quantitative estimate of drug-likeness (QED) is 0.426. The molecule has 1 aromatic carbocycles. The molecule has 0 spiro atoms. The van der Waals surface area contributed by atoms with Crippen molar-refractivity contribution in [2.75, 3.05) is 19.5 Å². The van der Waals surface area contributed by atoms with Gasteiger partial charge in [0.05, 0.1) is 29.0 Å². The third-order valence-electron chi connectivity index (χ3n) is 7.09. The molecule has 0 unspecified atom stereocenters. The Morgan fingerprint density at radius 3 is 2.94 bits per heavy atom. The van der Waals surface area contributed by atoms with Crippen LogP contribution in [0.4, 0.5) is 4.39 Å². The molecule has 2 aromatic heterocycles. The van der Waals surface area contributed by atoms with Crippen LogP contribution in [0, 0.1) is 12.7 Å². The molecule has 3 N–H and O–H groups in total. The molecular formula is C24H22FN3O5S. The normalized spacial score (nSPS) is 22.4. The van der Waals surface area contributed by atoms with E-state index < -0.39 is 11.6 Å². The molecule has 0 bridgehead atoms. The van der Waals surface area contributed by atoms with Crippen molar-refractivity contribution in [3.8, 4) is 11.4 Å². The maximum atomic E-state index is 14.7. The largest absolute Gasteiger partial charge is 0.458 e. The number of nitrogens with zero attached hydrogens (tertiary/aromatic N) is 2. The lowest BCUT2D eigenvalue weighted by atomic mass is 9.85. The number of benzene rings is 1. The lowest BCUT2D eigenvalue weighted by Crippen LogP contribution is -2.45. The average molecular weight is 484 g/mol. The van der Waals surface area contributed by atoms with Crippen molar-refractivity contribution < 1.29 is 23.8 Å². The number of aliphatic hydroxyl groups is 1. The molecule has 5 heterocycles. The summed E-state index contributed by atoms with van der Waals surface area (Å²) in [6, 6.07) is 2.74. The van der Waals surface area contributed by atoms with Gasteiger partial charge in [-0.1, -0.05) is 0 Å². The number of rotatable bonds is 3. The highest BCUT2D eigenvalue weighted by molar-refractivity contribution is 7.99. The van der Waals surface area contributed by atoms with Gasteiger partial charge in [-0.15, -0.1) is 11.8 Å². The van der Waals surface area contributed by atoms with Crippen LogP contribution in [-0.4, -0.2) is 40.1 Å². The van der Waals surface area contributed by atoms with Crippen molar-refractivity contribution in [1.29, 1.82) is 0 Å². The highest BCUT2D eigenvalue weighted by Crippen LogP contribution is 2.47. The number of ether oxygens (including phenoxy) is 2. The molecule has 2 atom stereocenters. The Morgan fingerprint density at radius 1 is 1.38 bits per heavy atom. The monoisotopic (exact) mass is 483 g/mol. The van der Waals surface area contributed by atoms with Crippen LogP contribution in [0.25, 0.3) is 22.3 Å². The number of pyridine rings is 2. The van der Waals surface area contributed by atoms with E-state index in [2.05, 4.69) is 0 Å². The van der Waals surface area contributed by atoms with Gasteiger partial charge < -0.3 is 24.9 Å². The first-order valence-electron chi connectivity index (χ1n) is 11.0. The van der Waals surface area contributed by atoms with E-state index in [1.165, 1.54) is 24.9 Å². The molecule has 0 fully saturated rings. The van der Waals surface area contributed by atoms with Crippen LogP contribution in [0.5, 0.6) is 0 Å². The first-order valence-corrected chi connectivity index (χ1v) is 11.9. The highest BCUT2D eigenvalue weighted by Gasteiger charge is 2.46. The standard InChI is InChI=1S/C24H22FN3O5S/c1-10-14(25)6-16-19-18(15(26)9-34-21(10)19)11-7-28-17(20(11)27-16)5-13-12(22(28)29)8-33-23(30)24(13,31)3-4-32-2/h5-6,15,31H,3-4,7-9,26H2,1-2H3/t15-,24-/m0/s1. The molecule has 0 radical (unpaired) electrons. The summed E-state index contributed by atoms with van der Waals surface area (Å²) in [5, 5.41) is 12.1. The lowest BCUT2D eigenvalue weighted by molar-refractivity contribution is -0.174. The number of thioether (sulfide) groups is 1. The molecule has 0 saturated carbocycles. The SMILES string of the molecule is COCC[C@@]1(O)C(=O)OCc2c1cc1n(c2=O)Cc2c-1nc1cc(F)c(C)c3c1c2[C@@H](N)CS3. The van der Waals surface area contributed by atoms with Crippen LogP contribution < -0.4 is 11.3 Å². The van der Waals surface area contributed by atoms with Crippen molar-refractivity contribution in [1.82, 2.24) is 9.55 Å². The van der Waals surface area contributed by atoms with Crippen molar-refractivity contribution in [3.63, 3.8) is 0 Å². The van der Waals surface area contributed by atoms with E-state index in [-0.39, 0.29) is 54.7 Å². The zero-order chi connectivity index (χ0) is 23.9. The van der Waals surface area contributed by atoms with Gasteiger partial charge in [-0.3, -0.25) is 4.79 Å². The summed E-state index contributed by atoms with van der Waals surface area (Å²) in [5.41, 5.74) is 8.33. The summed E-state index contributed by atoms with van der Waals surface area (Å²) in [4.78, 5) is 31.7. The molecule has 34 heavy (non-hydrogen) atoms. The number of hydrogen-bond acceptors (Lipinski definition) is 8. The second-order valence-corrected chi connectivity index (χ2v) is 10.00. The molecule has 0 saturated heterocycles. The third-order valence-corrected chi connectivity index (χ3v) is 8.42. The van der Waals surface area contributed by atoms with Gasteiger partial charge in [0.15, 0.2) is 5.60 Å². The van der Waals surface area contributed by atoms with Gasteiger partial charge >= 0.3 is 5.97 Å². The van der Waals surface area contributed by atoms with Gasteiger partial charge in [0.2, 0.25) is 0 Å². The fourth-order valence-corrected chi connectivity index (χ4v) is 6.49. The van der Waals surface area contributed by atoms with E-state index in [1.807, 2.05) is 0 Å². The average Bonchev–Trinajstić information content (AvgIpc) is 3.18. The lowest BCUT2D eigenvalue weighted by Gasteiger charge is -2.32. The number of carbonyl (C=O) groups is 1. The minimum absolute atomic E-state index is 0.0581. The van der Waals surface area contributed by atoms with E-state index in [0.717, 1.165) is 21.4 Å². The second kappa shape index (κ2) is 7.35. The van der Waals surface area contributed by atoms with Crippen molar-refractivity contribution >= 4 is 28.6 Å².